The number of piperazine rings is 1. The Morgan fingerprint density at radius 1 is 0.931 bits per heavy atom. The van der Waals surface area contributed by atoms with E-state index in [0.717, 1.165) is 59.2 Å². The molecule has 1 aliphatic rings. The Morgan fingerprint density at radius 3 is 2.38 bits per heavy atom. The fraction of sp³-hybridized carbons (Fsp3) is 0.333. The fourth-order valence-electron chi connectivity index (χ4n) is 3.75. The van der Waals surface area contributed by atoms with E-state index < -0.39 is 10.0 Å². The second-order valence-corrected chi connectivity index (χ2v) is 10.9. The lowest BCUT2D eigenvalue weighted by Crippen LogP contribution is -2.45. The Labute approximate surface area is 188 Å². The van der Waals surface area contributed by atoms with Gasteiger partial charge in [-0.2, -0.15) is 0 Å². The van der Waals surface area contributed by atoms with E-state index >= 15 is 0 Å². The van der Waals surface area contributed by atoms with Gasteiger partial charge in [-0.05, 0) is 54.6 Å². The molecule has 29 heavy (non-hydrogen) atoms. The van der Waals surface area contributed by atoms with Gasteiger partial charge in [0, 0.05) is 53.3 Å². The summed E-state index contributed by atoms with van der Waals surface area (Å²) in [6.45, 7) is 8.09. The van der Waals surface area contributed by atoms with Crippen LogP contribution in [0.2, 0.25) is 0 Å². The van der Waals surface area contributed by atoms with E-state index in [-0.39, 0.29) is 0 Å². The van der Waals surface area contributed by atoms with E-state index in [0.29, 0.717) is 10.4 Å². The number of aromatic nitrogens is 1. The summed E-state index contributed by atoms with van der Waals surface area (Å²) in [5.41, 5.74) is 1.67. The summed E-state index contributed by atoms with van der Waals surface area (Å²) in [6, 6.07) is 12.7. The van der Waals surface area contributed by atoms with Crippen molar-refractivity contribution in [2.75, 3.05) is 32.7 Å². The molecule has 1 fully saturated rings. The van der Waals surface area contributed by atoms with Crippen LogP contribution in [0.3, 0.4) is 0 Å². The third-order valence-corrected chi connectivity index (χ3v) is 8.45. The Kier molecular flexibility index (Phi) is 6.18. The molecule has 2 heterocycles. The maximum absolute atomic E-state index is 13.3. The monoisotopic (exact) mass is 539 g/mol. The predicted octanol–water partition coefficient (Wildman–Crippen LogP) is 4.54. The van der Waals surface area contributed by atoms with Crippen molar-refractivity contribution < 1.29 is 8.42 Å². The zero-order valence-corrected chi connectivity index (χ0v) is 20.2. The van der Waals surface area contributed by atoms with Crippen LogP contribution in [0.25, 0.3) is 10.9 Å². The number of hydrogen-bond donors (Lipinski definition) is 0. The number of hydrogen-bond acceptors (Lipinski definition) is 4. The van der Waals surface area contributed by atoms with Gasteiger partial charge in [0.05, 0.1) is 10.4 Å². The maximum Gasteiger partial charge on any atom is 0.268 e. The van der Waals surface area contributed by atoms with Gasteiger partial charge in [0.1, 0.15) is 0 Å². The van der Waals surface area contributed by atoms with Crippen molar-refractivity contribution in [2.45, 2.75) is 18.4 Å². The predicted molar refractivity (Wildman–Crippen MR) is 124 cm³/mol. The van der Waals surface area contributed by atoms with Crippen LogP contribution in [0.5, 0.6) is 0 Å². The molecule has 0 aliphatic carbocycles. The second-order valence-electron chi connectivity index (χ2n) is 7.28. The van der Waals surface area contributed by atoms with Crippen molar-refractivity contribution in [3.63, 3.8) is 0 Å². The highest BCUT2D eigenvalue weighted by molar-refractivity contribution is 9.10. The van der Waals surface area contributed by atoms with Gasteiger partial charge in [0.2, 0.25) is 0 Å². The van der Waals surface area contributed by atoms with E-state index in [1.54, 1.807) is 18.3 Å². The van der Waals surface area contributed by atoms with Gasteiger partial charge in [-0.25, -0.2) is 12.4 Å². The third kappa shape index (κ3) is 4.32. The Hall–Kier alpha value is -1.19. The van der Waals surface area contributed by atoms with Crippen LogP contribution in [-0.4, -0.2) is 54.9 Å². The number of nitrogens with zero attached hydrogens (tertiary/aromatic N) is 3. The summed E-state index contributed by atoms with van der Waals surface area (Å²) in [4.78, 5) is 5.12. The number of rotatable bonds is 5. The maximum atomic E-state index is 13.3. The van der Waals surface area contributed by atoms with Crippen molar-refractivity contribution >= 4 is 52.8 Å². The molecule has 2 aromatic carbocycles. The Bertz CT molecular complexity index is 1140. The molecule has 3 aromatic rings. The molecule has 0 radical (unpaired) electrons. The minimum atomic E-state index is -3.67. The van der Waals surface area contributed by atoms with Crippen LogP contribution in [0, 0.1) is 0 Å². The highest BCUT2D eigenvalue weighted by Crippen LogP contribution is 2.28. The van der Waals surface area contributed by atoms with E-state index in [1.165, 1.54) is 3.97 Å². The molecule has 1 aromatic heterocycles. The molecule has 0 spiro atoms. The Balaban J connectivity index is 1.63. The molecule has 154 valence electrons. The lowest BCUT2D eigenvalue weighted by Gasteiger charge is -2.34. The van der Waals surface area contributed by atoms with Gasteiger partial charge in [-0.1, -0.05) is 38.8 Å². The highest BCUT2D eigenvalue weighted by Gasteiger charge is 2.22. The number of likely N-dealkylation sites (N-methyl/N-ethyl adjacent to an activating group) is 1. The summed E-state index contributed by atoms with van der Waals surface area (Å²) >= 11 is 7.04. The molecule has 5 nitrogen and oxygen atoms in total. The summed E-state index contributed by atoms with van der Waals surface area (Å²) in [7, 11) is -3.67. The molecule has 4 rings (SSSR count). The summed E-state index contributed by atoms with van der Waals surface area (Å²) < 4.78 is 29.9. The molecule has 1 saturated heterocycles. The highest BCUT2D eigenvalue weighted by atomic mass is 79.9. The third-order valence-electron chi connectivity index (χ3n) is 5.50. The van der Waals surface area contributed by atoms with Gasteiger partial charge < -0.3 is 4.90 Å². The zero-order valence-electron chi connectivity index (χ0n) is 16.2. The average molecular weight is 541 g/mol. The first-order valence-corrected chi connectivity index (χ1v) is 12.7. The average Bonchev–Trinajstić information content (AvgIpc) is 3.14. The zero-order chi connectivity index (χ0) is 20.6. The Morgan fingerprint density at radius 2 is 1.66 bits per heavy atom. The van der Waals surface area contributed by atoms with Crippen LogP contribution in [0.4, 0.5) is 0 Å². The van der Waals surface area contributed by atoms with Gasteiger partial charge in [-0.3, -0.25) is 4.90 Å². The van der Waals surface area contributed by atoms with E-state index in [4.69, 9.17) is 0 Å². The molecular formula is C21H23Br2N3O2S. The molecule has 8 heteroatoms. The van der Waals surface area contributed by atoms with Gasteiger partial charge >= 0.3 is 0 Å². The quantitative estimate of drug-likeness (QED) is 0.476. The molecule has 0 saturated carbocycles. The van der Waals surface area contributed by atoms with E-state index in [9.17, 15) is 8.42 Å². The molecule has 0 bridgehead atoms. The molecule has 0 atom stereocenters. The normalized spacial score (nSPS) is 16.5. The first-order chi connectivity index (χ1) is 13.9. The summed E-state index contributed by atoms with van der Waals surface area (Å²) in [5.74, 6) is 0. The largest absolute Gasteiger partial charge is 0.301 e. The van der Waals surface area contributed by atoms with Crippen LogP contribution in [0.15, 0.2) is 62.5 Å². The molecule has 0 amide bonds. The van der Waals surface area contributed by atoms with Crippen molar-refractivity contribution in [2.24, 2.45) is 0 Å². The summed E-state index contributed by atoms with van der Waals surface area (Å²) in [5, 5.41) is 0.883. The minimum Gasteiger partial charge on any atom is -0.301 e. The van der Waals surface area contributed by atoms with Gasteiger partial charge in [-0.15, -0.1) is 0 Å². The van der Waals surface area contributed by atoms with Crippen molar-refractivity contribution in [1.29, 1.82) is 0 Å². The fourth-order valence-corrected chi connectivity index (χ4v) is 5.90. The van der Waals surface area contributed by atoms with Crippen molar-refractivity contribution in [3.05, 3.63) is 63.2 Å². The molecule has 0 N–H and O–H groups in total. The van der Waals surface area contributed by atoms with Crippen LogP contribution in [-0.2, 0) is 16.6 Å². The van der Waals surface area contributed by atoms with Crippen molar-refractivity contribution in [3.8, 4) is 0 Å². The first-order valence-electron chi connectivity index (χ1n) is 9.64. The van der Waals surface area contributed by atoms with E-state index in [2.05, 4.69) is 48.6 Å². The van der Waals surface area contributed by atoms with Crippen LogP contribution < -0.4 is 0 Å². The van der Waals surface area contributed by atoms with Gasteiger partial charge in [0.15, 0.2) is 0 Å². The lowest BCUT2D eigenvalue weighted by molar-refractivity contribution is 0.131. The number of fused-ring (bicyclic) bond motifs is 1. The SMILES string of the molecule is CCN1CCN(Cc2cc(S(=O)(=O)n3ccc4cc(Br)ccc43)ccc2Br)CC1. The lowest BCUT2D eigenvalue weighted by atomic mass is 10.2. The van der Waals surface area contributed by atoms with E-state index in [1.807, 2.05) is 30.3 Å². The number of halogens is 2. The summed E-state index contributed by atoms with van der Waals surface area (Å²) in [6.07, 6.45) is 1.62. The molecular weight excluding hydrogens is 518 g/mol. The van der Waals surface area contributed by atoms with Crippen LogP contribution in [0.1, 0.15) is 12.5 Å². The second kappa shape index (κ2) is 8.51. The number of benzene rings is 2. The van der Waals surface area contributed by atoms with Crippen LogP contribution >= 0.6 is 31.9 Å². The van der Waals surface area contributed by atoms with Gasteiger partial charge in [0.25, 0.3) is 10.0 Å². The minimum absolute atomic E-state index is 0.309. The molecule has 1 aliphatic heterocycles. The molecule has 0 unspecified atom stereocenters. The topological polar surface area (TPSA) is 45.6 Å². The standard InChI is InChI=1S/C21H23Br2N3O2S/c1-2-24-9-11-25(12-10-24)15-17-14-19(4-5-20(17)23)29(27,28)26-8-7-16-13-18(22)3-6-21(16)26/h3-8,13-14H,2,9-12,15H2,1H3. The van der Waals surface area contributed by atoms with Crippen molar-refractivity contribution in [1.82, 2.24) is 13.8 Å². The first kappa shape index (κ1) is 21.1. The smallest absolute Gasteiger partial charge is 0.268 e.